The summed E-state index contributed by atoms with van der Waals surface area (Å²) < 4.78 is 5.48. The van der Waals surface area contributed by atoms with Crippen LogP contribution in [-0.2, 0) is 9.53 Å². The van der Waals surface area contributed by atoms with E-state index in [1.54, 1.807) is 11.3 Å². The van der Waals surface area contributed by atoms with Crippen LogP contribution in [0.25, 0.3) is 0 Å². The largest absolute Gasteiger partial charge is 0.498 e. The topological polar surface area (TPSA) is 51.2 Å². The van der Waals surface area contributed by atoms with Gasteiger partial charge in [-0.1, -0.05) is 0 Å². The van der Waals surface area contributed by atoms with Crippen LogP contribution in [0.2, 0.25) is 0 Å². The molecule has 0 spiro atoms. The molecular weight excluding hydrogens is 272 g/mol. The lowest BCUT2D eigenvalue weighted by Crippen LogP contribution is -2.32. The van der Waals surface area contributed by atoms with E-state index in [1.807, 2.05) is 13.1 Å². The summed E-state index contributed by atoms with van der Waals surface area (Å²) >= 11 is 1.68. The Hall–Kier alpha value is -1.36. The Kier molecular flexibility index (Phi) is 3.78. The zero-order valence-electron chi connectivity index (χ0n) is 11.9. The van der Waals surface area contributed by atoms with Gasteiger partial charge in [0.05, 0.1) is 18.2 Å². The van der Waals surface area contributed by atoms with Gasteiger partial charge in [-0.2, -0.15) is 0 Å². The van der Waals surface area contributed by atoms with Crippen LogP contribution in [-0.4, -0.2) is 17.5 Å². The van der Waals surface area contributed by atoms with Crippen LogP contribution in [0.4, 0.5) is 0 Å². The van der Waals surface area contributed by atoms with Crippen molar-refractivity contribution in [2.24, 2.45) is 5.92 Å². The standard InChI is InChI=1S/C15H20N2O2S/c1-9-8-16-15(20-9)13(11-5-6-11)17-14(18)12-4-3-7-19-10(12)2/h8,11,13H,3-7H2,1-2H3,(H,17,18). The Labute approximate surface area is 123 Å². The predicted octanol–water partition coefficient (Wildman–Crippen LogP) is 3.10. The van der Waals surface area contributed by atoms with Crippen molar-refractivity contribution >= 4 is 17.2 Å². The third-order valence-electron chi connectivity index (χ3n) is 3.87. The highest BCUT2D eigenvalue weighted by Gasteiger charge is 2.36. The monoisotopic (exact) mass is 292 g/mol. The number of carbonyl (C=O) groups is 1. The molecule has 1 atom stereocenters. The Morgan fingerprint density at radius 2 is 2.30 bits per heavy atom. The van der Waals surface area contributed by atoms with Crippen molar-refractivity contribution in [2.45, 2.75) is 45.6 Å². The van der Waals surface area contributed by atoms with E-state index in [-0.39, 0.29) is 11.9 Å². The summed E-state index contributed by atoms with van der Waals surface area (Å²) in [5.74, 6) is 1.35. The minimum absolute atomic E-state index is 0.0203. The maximum absolute atomic E-state index is 12.5. The molecule has 2 heterocycles. The summed E-state index contributed by atoms with van der Waals surface area (Å²) in [5.41, 5.74) is 0.801. The molecule has 1 saturated carbocycles. The number of hydrogen-bond donors (Lipinski definition) is 1. The van der Waals surface area contributed by atoms with Gasteiger partial charge >= 0.3 is 0 Å². The molecule has 1 aliphatic heterocycles. The fourth-order valence-electron chi connectivity index (χ4n) is 2.57. The molecule has 5 heteroatoms. The van der Waals surface area contributed by atoms with Gasteiger partial charge in [-0.25, -0.2) is 4.98 Å². The van der Waals surface area contributed by atoms with Gasteiger partial charge in [0.2, 0.25) is 0 Å². The van der Waals surface area contributed by atoms with Crippen molar-refractivity contribution in [3.63, 3.8) is 0 Å². The molecule has 1 aliphatic carbocycles. The first kappa shape index (κ1) is 13.6. The number of aryl methyl sites for hydroxylation is 1. The molecule has 1 fully saturated rings. The van der Waals surface area contributed by atoms with Crippen LogP contribution in [0.3, 0.4) is 0 Å². The van der Waals surface area contributed by atoms with Gasteiger partial charge in [0, 0.05) is 11.1 Å². The van der Waals surface area contributed by atoms with Gasteiger partial charge in [-0.3, -0.25) is 4.79 Å². The molecule has 1 N–H and O–H groups in total. The Bertz CT molecular complexity index is 546. The van der Waals surface area contributed by atoms with Crippen LogP contribution in [0.5, 0.6) is 0 Å². The number of amides is 1. The van der Waals surface area contributed by atoms with E-state index >= 15 is 0 Å². The highest BCUT2D eigenvalue weighted by atomic mass is 32.1. The van der Waals surface area contributed by atoms with Crippen LogP contribution in [0.1, 0.15) is 48.5 Å². The van der Waals surface area contributed by atoms with Crippen LogP contribution >= 0.6 is 11.3 Å². The molecule has 4 nitrogen and oxygen atoms in total. The average molecular weight is 292 g/mol. The first-order chi connectivity index (χ1) is 9.65. The van der Waals surface area contributed by atoms with E-state index in [4.69, 9.17) is 4.74 Å². The molecule has 2 aliphatic rings. The summed E-state index contributed by atoms with van der Waals surface area (Å²) in [6, 6.07) is 0.0726. The zero-order chi connectivity index (χ0) is 14.1. The van der Waals surface area contributed by atoms with Gasteiger partial charge in [0.1, 0.15) is 10.8 Å². The number of hydrogen-bond acceptors (Lipinski definition) is 4. The number of carbonyl (C=O) groups excluding carboxylic acids is 1. The van der Waals surface area contributed by atoms with Crippen molar-refractivity contribution in [1.82, 2.24) is 10.3 Å². The molecule has 1 amide bonds. The van der Waals surface area contributed by atoms with Gasteiger partial charge in [-0.15, -0.1) is 11.3 Å². The highest BCUT2D eigenvalue weighted by Crippen LogP contribution is 2.42. The lowest BCUT2D eigenvalue weighted by atomic mass is 10.1. The fourth-order valence-corrected chi connectivity index (χ4v) is 3.48. The van der Waals surface area contributed by atoms with Crippen molar-refractivity contribution in [2.75, 3.05) is 6.61 Å². The first-order valence-corrected chi connectivity index (χ1v) is 8.02. The van der Waals surface area contributed by atoms with Gasteiger partial charge in [0.25, 0.3) is 5.91 Å². The third-order valence-corrected chi connectivity index (χ3v) is 4.87. The van der Waals surface area contributed by atoms with E-state index in [0.29, 0.717) is 5.92 Å². The van der Waals surface area contributed by atoms with Crippen LogP contribution < -0.4 is 5.32 Å². The summed E-state index contributed by atoms with van der Waals surface area (Å²) in [6.45, 7) is 4.66. The Morgan fingerprint density at radius 3 is 2.90 bits per heavy atom. The lowest BCUT2D eigenvalue weighted by Gasteiger charge is -2.21. The normalized spacial score (nSPS) is 20.5. The summed E-state index contributed by atoms with van der Waals surface area (Å²) in [4.78, 5) is 18.1. The van der Waals surface area contributed by atoms with E-state index in [0.717, 1.165) is 35.8 Å². The minimum Gasteiger partial charge on any atom is -0.498 e. The number of allylic oxidation sites excluding steroid dienone is 1. The summed E-state index contributed by atoms with van der Waals surface area (Å²) in [7, 11) is 0. The third kappa shape index (κ3) is 2.87. The van der Waals surface area contributed by atoms with Crippen molar-refractivity contribution in [3.8, 4) is 0 Å². The predicted molar refractivity (Wildman–Crippen MR) is 78.3 cm³/mol. The fraction of sp³-hybridized carbons (Fsp3) is 0.600. The van der Waals surface area contributed by atoms with Crippen molar-refractivity contribution in [1.29, 1.82) is 0 Å². The summed E-state index contributed by atoms with van der Waals surface area (Å²) in [5, 5.41) is 4.22. The number of ether oxygens (including phenoxy) is 1. The highest BCUT2D eigenvalue weighted by molar-refractivity contribution is 7.11. The van der Waals surface area contributed by atoms with Gasteiger partial charge < -0.3 is 10.1 Å². The Balaban J connectivity index is 1.75. The molecule has 108 valence electrons. The van der Waals surface area contributed by atoms with Crippen molar-refractivity contribution < 1.29 is 9.53 Å². The molecule has 20 heavy (non-hydrogen) atoms. The average Bonchev–Trinajstić information content (AvgIpc) is 3.18. The molecule has 1 unspecified atom stereocenters. The number of nitrogens with one attached hydrogen (secondary N) is 1. The molecule has 0 aromatic carbocycles. The first-order valence-electron chi connectivity index (χ1n) is 7.21. The maximum atomic E-state index is 12.5. The zero-order valence-corrected chi connectivity index (χ0v) is 12.8. The SMILES string of the molecule is CC1=C(C(=O)NC(c2ncc(C)s2)C2CC2)CCCO1. The van der Waals surface area contributed by atoms with Crippen LogP contribution in [0, 0.1) is 12.8 Å². The number of rotatable bonds is 4. The maximum Gasteiger partial charge on any atom is 0.251 e. The Morgan fingerprint density at radius 1 is 1.50 bits per heavy atom. The minimum atomic E-state index is 0.0203. The number of thiazole rings is 1. The smallest absolute Gasteiger partial charge is 0.251 e. The molecule has 3 rings (SSSR count). The van der Waals surface area contributed by atoms with Crippen molar-refractivity contribution in [3.05, 3.63) is 27.4 Å². The van der Waals surface area contributed by atoms with Crippen LogP contribution in [0.15, 0.2) is 17.5 Å². The second kappa shape index (κ2) is 5.56. The van der Waals surface area contributed by atoms with Gasteiger partial charge in [-0.05, 0) is 45.4 Å². The van der Waals surface area contributed by atoms with E-state index in [1.165, 1.54) is 17.7 Å². The quantitative estimate of drug-likeness (QED) is 0.927. The number of aromatic nitrogens is 1. The second-order valence-corrected chi connectivity index (χ2v) is 6.85. The molecule has 0 saturated heterocycles. The lowest BCUT2D eigenvalue weighted by molar-refractivity contribution is -0.119. The van der Waals surface area contributed by atoms with Gasteiger partial charge in [0.15, 0.2) is 0 Å². The molecule has 0 radical (unpaired) electrons. The number of nitrogens with zero attached hydrogens (tertiary/aromatic N) is 1. The molecule has 0 bridgehead atoms. The van der Waals surface area contributed by atoms with E-state index < -0.39 is 0 Å². The molecular formula is C15H20N2O2S. The summed E-state index contributed by atoms with van der Waals surface area (Å²) in [6.07, 6.45) is 5.97. The van der Waals surface area contributed by atoms with E-state index in [9.17, 15) is 4.79 Å². The van der Waals surface area contributed by atoms with E-state index in [2.05, 4.69) is 17.2 Å². The molecule has 1 aromatic rings. The second-order valence-electron chi connectivity index (χ2n) is 5.58. The molecule has 1 aromatic heterocycles.